The maximum atomic E-state index is 13.8. The Morgan fingerprint density at radius 3 is 2.52 bits per heavy atom. The fourth-order valence-electron chi connectivity index (χ4n) is 6.24. The van der Waals surface area contributed by atoms with Crippen LogP contribution in [0.2, 0.25) is 0 Å². The van der Waals surface area contributed by atoms with Crippen molar-refractivity contribution in [3.63, 3.8) is 0 Å². The van der Waals surface area contributed by atoms with Crippen LogP contribution in [0.3, 0.4) is 0 Å². The van der Waals surface area contributed by atoms with Gasteiger partial charge >= 0.3 is 0 Å². The number of piperidine rings is 1. The highest BCUT2D eigenvalue weighted by atomic mass is 16.1. The average molecular weight is 443 g/mol. The van der Waals surface area contributed by atoms with Gasteiger partial charge in [-0.15, -0.1) is 0 Å². The number of hydrogen-bond acceptors (Lipinski definition) is 2. The van der Waals surface area contributed by atoms with Gasteiger partial charge in [0, 0.05) is 27.6 Å². The number of H-pyrrole nitrogens is 1. The average Bonchev–Trinajstić information content (AvgIpc) is 3.19. The third-order valence-corrected chi connectivity index (χ3v) is 8.20. The number of ketones is 1. The SMILES string of the molecule is CCCN1CCC(Cc2cc3c(cc2CC)C(=O)c2c([nH]c4cc(C)ccc24)C3(C)C)CC1. The van der Waals surface area contributed by atoms with Crippen LogP contribution in [0.15, 0.2) is 30.3 Å². The van der Waals surface area contributed by atoms with Crippen molar-refractivity contribution in [2.45, 2.75) is 72.1 Å². The van der Waals surface area contributed by atoms with E-state index in [2.05, 4.69) is 74.8 Å². The van der Waals surface area contributed by atoms with Crippen molar-refractivity contribution < 1.29 is 4.79 Å². The number of rotatable bonds is 5. The first-order chi connectivity index (χ1) is 15.8. The summed E-state index contributed by atoms with van der Waals surface area (Å²) in [6, 6.07) is 11.0. The zero-order valence-electron chi connectivity index (χ0n) is 21.0. The largest absolute Gasteiger partial charge is 0.357 e. The molecule has 0 atom stereocenters. The van der Waals surface area contributed by atoms with Gasteiger partial charge in [-0.2, -0.15) is 0 Å². The molecule has 2 aromatic carbocycles. The first-order valence-corrected chi connectivity index (χ1v) is 12.9. The molecule has 1 saturated heterocycles. The molecule has 0 saturated carbocycles. The van der Waals surface area contributed by atoms with Gasteiger partial charge in [-0.05, 0) is 99.0 Å². The van der Waals surface area contributed by atoms with Crippen LogP contribution in [0.25, 0.3) is 10.9 Å². The number of aromatic amines is 1. The van der Waals surface area contributed by atoms with Gasteiger partial charge in [0.1, 0.15) is 0 Å². The summed E-state index contributed by atoms with van der Waals surface area (Å²) in [4.78, 5) is 20.1. The molecule has 1 N–H and O–H groups in total. The number of carbonyl (C=O) groups is 1. The third-order valence-electron chi connectivity index (χ3n) is 8.20. The van der Waals surface area contributed by atoms with Gasteiger partial charge in [-0.3, -0.25) is 4.79 Å². The predicted molar refractivity (Wildman–Crippen MR) is 138 cm³/mol. The first-order valence-electron chi connectivity index (χ1n) is 12.9. The predicted octanol–water partition coefficient (Wildman–Crippen LogP) is 6.57. The van der Waals surface area contributed by atoms with Gasteiger partial charge in [-0.1, -0.05) is 45.9 Å². The van der Waals surface area contributed by atoms with E-state index in [1.165, 1.54) is 61.2 Å². The minimum absolute atomic E-state index is 0.184. The fraction of sp³-hybridized carbons (Fsp3) is 0.500. The Balaban J connectivity index is 1.53. The number of likely N-dealkylation sites (tertiary alicyclic amines) is 1. The van der Waals surface area contributed by atoms with E-state index in [0.717, 1.165) is 46.5 Å². The van der Waals surface area contributed by atoms with Crippen LogP contribution in [-0.2, 0) is 18.3 Å². The van der Waals surface area contributed by atoms with Crippen molar-refractivity contribution in [2.75, 3.05) is 19.6 Å². The summed E-state index contributed by atoms with van der Waals surface area (Å²) in [7, 11) is 0. The Hall–Kier alpha value is -2.39. The minimum atomic E-state index is -0.225. The molecule has 3 heteroatoms. The Labute approximate surface area is 198 Å². The van der Waals surface area contributed by atoms with Crippen LogP contribution < -0.4 is 0 Å². The summed E-state index contributed by atoms with van der Waals surface area (Å²) >= 11 is 0. The lowest BCUT2D eigenvalue weighted by atomic mass is 9.69. The molecule has 174 valence electrons. The van der Waals surface area contributed by atoms with Gasteiger partial charge in [-0.25, -0.2) is 0 Å². The normalized spacial score (nSPS) is 18.5. The first kappa shape index (κ1) is 22.4. The molecule has 2 heterocycles. The Morgan fingerprint density at radius 2 is 1.82 bits per heavy atom. The summed E-state index contributed by atoms with van der Waals surface area (Å²) in [6.45, 7) is 14.8. The summed E-state index contributed by atoms with van der Waals surface area (Å²) in [5.41, 5.74) is 8.93. The smallest absolute Gasteiger partial charge is 0.195 e. The van der Waals surface area contributed by atoms with Crippen molar-refractivity contribution in [3.05, 3.63) is 69.4 Å². The molecule has 0 bridgehead atoms. The molecule has 2 aliphatic rings. The number of nitrogens with one attached hydrogen (secondary N) is 1. The maximum Gasteiger partial charge on any atom is 0.195 e. The van der Waals surface area contributed by atoms with Gasteiger partial charge in [0.25, 0.3) is 0 Å². The van der Waals surface area contributed by atoms with Crippen LogP contribution in [0.5, 0.6) is 0 Å². The maximum absolute atomic E-state index is 13.8. The Bertz CT molecular complexity index is 1210. The Morgan fingerprint density at radius 1 is 1.06 bits per heavy atom. The van der Waals surface area contributed by atoms with Crippen molar-refractivity contribution in [1.82, 2.24) is 9.88 Å². The second-order valence-electron chi connectivity index (χ2n) is 10.9. The monoisotopic (exact) mass is 442 g/mol. The molecule has 33 heavy (non-hydrogen) atoms. The number of aryl methyl sites for hydroxylation is 2. The van der Waals surface area contributed by atoms with Gasteiger partial charge < -0.3 is 9.88 Å². The lowest BCUT2D eigenvalue weighted by Crippen LogP contribution is -2.35. The highest BCUT2D eigenvalue weighted by Crippen LogP contribution is 2.45. The van der Waals surface area contributed by atoms with Gasteiger partial charge in [0.15, 0.2) is 5.78 Å². The van der Waals surface area contributed by atoms with E-state index in [0.29, 0.717) is 0 Å². The lowest BCUT2D eigenvalue weighted by molar-refractivity contribution is 0.103. The number of aromatic nitrogens is 1. The van der Waals surface area contributed by atoms with E-state index >= 15 is 0 Å². The highest BCUT2D eigenvalue weighted by molar-refractivity contribution is 6.20. The van der Waals surface area contributed by atoms with Crippen LogP contribution in [0.4, 0.5) is 0 Å². The zero-order valence-corrected chi connectivity index (χ0v) is 21.0. The van der Waals surface area contributed by atoms with Gasteiger partial charge in [0.05, 0.1) is 5.56 Å². The fourth-order valence-corrected chi connectivity index (χ4v) is 6.24. The molecule has 0 spiro atoms. The number of benzene rings is 2. The number of fused-ring (bicyclic) bond motifs is 4. The van der Waals surface area contributed by atoms with Crippen LogP contribution in [0.1, 0.15) is 90.8 Å². The molecular formula is C30H38N2O. The number of nitrogens with zero attached hydrogens (tertiary/aromatic N) is 1. The molecule has 1 aliphatic heterocycles. The molecule has 0 unspecified atom stereocenters. The molecule has 1 aliphatic carbocycles. The van der Waals surface area contributed by atoms with Crippen molar-refractivity contribution in [3.8, 4) is 0 Å². The van der Waals surface area contributed by atoms with E-state index in [9.17, 15) is 4.79 Å². The van der Waals surface area contributed by atoms with Crippen molar-refractivity contribution in [2.24, 2.45) is 5.92 Å². The van der Waals surface area contributed by atoms with E-state index < -0.39 is 0 Å². The van der Waals surface area contributed by atoms with Gasteiger partial charge in [0.2, 0.25) is 0 Å². The second kappa shape index (κ2) is 8.43. The molecular weight excluding hydrogens is 404 g/mol. The zero-order chi connectivity index (χ0) is 23.3. The summed E-state index contributed by atoms with van der Waals surface area (Å²) in [6.07, 6.45) is 5.93. The van der Waals surface area contributed by atoms with Crippen LogP contribution in [-0.4, -0.2) is 35.3 Å². The molecule has 3 aromatic rings. The third kappa shape index (κ3) is 3.75. The highest BCUT2D eigenvalue weighted by Gasteiger charge is 2.40. The van der Waals surface area contributed by atoms with E-state index in [1.54, 1.807) is 0 Å². The second-order valence-corrected chi connectivity index (χ2v) is 10.9. The lowest BCUT2D eigenvalue weighted by Gasteiger charge is -2.35. The molecule has 5 rings (SSSR count). The van der Waals surface area contributed by atoms with E-state index in [-0.39, 0.29) is 11.2 Å². The molecule has 1 fully saturated rings. The molecule has 0 amide bonds. The standard InChI is InChI=1S/C30H38N2O/c1-6-12-32-13-10-20(11-14-32)16-22-18-25-24(17-21(22)7-2)28(33)27-23-9-8-19(3)15-26(23)31-29(27)30(25,4)5/h8-9,15,17-18,20,31H,6-7,10-14,16H2,1-5H3. The summed E-state index contributed by atoms with van der Waals surface area (Å²) in [5.74, 6) is 0.930. The molecule has 3 nitrogen and oxygen atoms in total. The van der Waals surface area contributed by atoms with Crippen molar-refractivity contribution in [1.29, 1.82) is 0 Å². The number of carbonyl (C=O) groups excluding carboxylic acids is 1. The topological polar surface area (TPSA) is 36.1 Å². The summed E-state index contributed by atoms with van der Waals surface area (Å²) in [5, 5.41) is 1.06. The van der Waals surface area contributed by atoms with E-state index in [1.807, 2.05) is 0 Å². The van der Waals surface area contributed by atoms with Crippen LogP contribution in [0, 0.1) is 12.8 Å². The minimum Gasteiger partial charge on any atom is -0.357 e. The Kier molecular flexibility index (Phi) is 5.73. The molecule has 0 radical (unpaired) electrons. The van der Waals surface area contributed by atoms with Crippen molar-refractivity contribution >= 4 is 16.7 Å². The summed E-state index contributed by atoms with van der Waals surface area (Å²) < 4.78 is 0. The molecule has 1 aromatic heterocycles. The van der Waals surface area contributed by atoms with E-state index in [4.69, 9.17) is 0 Å². The number of hydrogen-bond donors (Lipinski definition) is 1. The quantitative estimate of drug-likeness (QED) is 0.485. The van der Waals surface area contributed by atoms with Crippen LogP contribution >= 0.6 is 0 Å².